The Bertz CT molecular complexity index is 937. The molecule has 142 valence electrons. The highest BCUT2D eigenvalue weighted by Gasteiger charge is 2.26. The third-order valence-corrected chi connectivity index (χ3v) is 4.46. The van der Waals surface area contributed by atoms with Gasteiger partial charge in [0.25, 0.3) is 11.2 Å². The number of imidazole rings is 1. The van der Waals surface area contributed by atoms with E-state index in [1.807, 2.05) is 0 Å². The second-order valence-electron chi connectivity index (χ2n) is 6.22. The van der Waals surface area contributed by atoms with Crippen LogP contribution in [0.2, 0.25) is 0 Å². The highest BCUT2D eigenvalue weighted by Crippen LogP contribution is 2.16. The van der Waals surface area contributed by atoms with Crippen molar-refractivity contribution >= 4 is 17.1 Å². The molecule has 3 heterocycles. The Balaban J connectivity index is 1.85. The zero-order valence-electron chi connectivity index (χ0n) is 14.7. The molecular weight excluding hydrogens is 346 g/mol. The van der Waals surface area contributed by atoms with Gasteiger partial charge >= 0.3 is 11.6 Å². The minimum absolute atomic E-state index is 0.0150. The average Bonchev–Trinajstić information content (AvgIpc) is 2.97. The molecule has 0 amide bonds. The van der Waals surface area contributed by atoms with Crippen molar-refractivity contribution in [3.63, 3.8) is 0 Å². The fourth-order valence-electron chi connectivity index (χ4n) is 3.06. The summed E-state index contributed by atoms with van der Waals surface area (Å²) in [6.07, 6.45) is 3.19. The largest absolute Gasteiger partial charge is 0.437 e. The molecule has 0 spiro atoms. The molecule has 0 saturated carbocycles. The SMILES string of the molecule is Cn1c(=O)c2c(nc([N+](=O)[O-])n2C)n(CCCOC2CCCCO2)c1=O. The predicted octanol–water partition coefficient (Wildman–Crippen LogP) is 0.275. The van der Waals surface area contributed by atoms with Gasteiger partial charge in [0.2, 0.25) is 5.52 Å². The highest BCUT2D eigenvalue weighted by atomic mass is 16.7. The Labute approximate surface area is 147 Å². The minimum Gasteiger partial charge on any atom is -0.390 e. The Hall–Kier alpha value is -2.53. The van der Waals surface area contributed by atoms with E-state index in [0.29, 0.717) is 19.6 Å². The molecule has 11 nitrogen and oxygen atoms in total. The van der Waals surface area contributed by atoms with Crippen molar-refractivity contribution in [2.45, 2.75) is 38.5 Å². The van der Waals surface area contributed by atoms with Gasteiger partial charge in [-0.1, -0.05) is 0 Å². The lowest BCUT2D eigenvalue weighted by Gasteiger charge is -2.22. The number of fused-ring (bicyclic) bond motifs is 1. The second-order valence-corrected chi connectivity index (χ2v) is 6.22. The van der Waals surface area contributed by atoms with Crippen LogP contribution in [-0.2, 0) is 30.1 Å². The summed E-state index contributed by atoms with van der Waals surface area (Å²) in [6, 6.07) is 0. The number of nitro groups is 1. The van der Waals surface area contributed by atoms with Crippen molar-refractivity contribution in [2.24, 2.45) is 14.1 Å². The van der Waals surface area contributed by atoms with Crippen molar-refractivity contribution < 1.29 is 14.4 Å². The lowest BCUT2D eigenvalue weighted by Crippen LogP contribution is -2.39. The maximum absolute atomic E-state index is 12.4. The monoisotopic (exact) mass is 367 g/mol. The maximum Gasteiger partial charge on any atom is 0.437 e. The fourth-order valence-corrected chi connectivity index (χ4v) is 3.06. The molecule has 1 fully saturated rings. The predicted molar refractivity (Wildman–Crippen MR) is 91.0 cm³/mol. The summed E-state index contributed by atoms with van der Waals surface area (Å²) in [6.45, 7) is 1.28. The van der Waals surface area contributed by atoms with Crippen LogP contribution in [0.25, 0.3) is 11.2 Å². The van der Waals surface area contributed by atoms with Crippen molar-refractivity contribution in [1.82, 2.24) is 18.7 Å². The Kier molecular flexibility index (Phi) is 5.18. The van der Waals surface area contributed by atoms with Crippen LogP contribution >= 0.6 is 0 Å². The van der Waals surface area contributed by atoms with Gasteiger partial charge in [0.1, 0.15) is 0 Å². The van der Waals surface area contributed by atoms with Crippen molar-refractivity contribution in [3.8, 4) is 0 Å². The molecule has 0 bridgehead atoms. The highest BCUT2D eigenvalue weighted by molar-refractivity contribution is 5.72. The Morgan fingerprint density at radius 3 is 2.73 bits per heavy atom. The standard InChI is InChI=1S/C15H21N5O6/c1-17-11-12(16-14(17)20(23)24)19(15(22)18(2)13(11)21)7-5-9-26-10-6-3-4-8-25-10/h10H,3-9H2,1-2H3. The van der Waals surface area contributed by atoms with Crippen LogP contribution in [0, 0.1) is 10.1 Å². The number of hydrogen-bond donors (Lipinski definition) is 0. The molecule has 1 aliphatic heterocycles. The summed E-state index contributed by atoms with van der Waals surface area (Å²) in [5.41, 5.74) is -1.14. The molecule has 0 aromatic carbocycles. The molecule has 26 heavy (non-hydrogen) atoms. The van der Waals surface area contributed by atoms with Crippen LogP contribution < -0.4 is 11.2 Å². The van der Waals surface area contributed by atoms with E-state index < -0.39 is 22.1 Å². The van der Waals surface area contributed by atoms with E-state index in [1.165, 1.54) is 18.7 Å². The van der Waals surface area contributed by atoms with Crippen LogP contribution in [-0.4, -0.2) is 43.1 Å². The van der Waals surface area contributed by atoms with Crippen LogP contribution in [0.5, 0.6) is 0 Å². The zero-order valence-corrected chi connectivity index (χ0v) is 14.7. The summed E-state index contributed by atoms with van der Waals surface area (Å²) in [4.78, 5) is 39.1. The van der Waals surface area contributed by atoms with E-state index in [1.54, 1.807) is 0 Å². The second kappa shape index (κ2) is 7.38. The lowest BCUT2D eigenvalue weighted by atomic mass is 10.2. The normalized spacial score (nSPS) is 17.7. The van der Waals surface area contributed by atoms with E-state index in [9.17, 15) is 19.7 Å². The van der Waals surface area contributed by atoms with Gasteiger partial charge < -0.3 is 19.6 Å². The van der Waals surface area contributed by atoms with Crippen molar-refractivity contribution in [3.05, 3.63) is 31.0 Å². The van der Waals surface area contributed by atoms with E-state index in [-0.39, 0.29) is 24.0 Å². The molecule has 2 aromatic rings. The molecule has 3 rings (SSSR count). The number of nitrogens with zero attached hydrogens (tertiary/aromatic N) is 5. The molecule has 1 unspecified atom stereocenters. The molecule has 0 aliphatic carbocycles. The van der Waals surface area contributed by atoms with Crippen LogP contribution in [0.4, 0.5) is 5.95 Å². The molecule has 0 radical (unpaired) electrons. The number of hydrogen-bond acceptors (Lipinski definition) is 7. The van der Waals surface area contributed by atoms with E-state index in [0.717, 1.165) is 28.4 Å². The average molecular weight is 367 g/mol. The van der Waals surface area contributed by atoms with E-state index in [4.69, 9.17) is 9.47 Å². The quantitative estimate of drug-likeness (QED) is 0.408. The molecule has 1 saturated heterocycles. The summed E-state index contributed by atoms with van der Waals surface area (Å²) in [5.74, 6) is -0.483. The van der Waals surface area contributed by atoms with Crippen LogP contribution in [0.15, 0.2) is 9.59 Å². The lowest BCUT2D eigenvalue weighted by molar-refractivity contribution is -0.396. The number of ether oxygens (including phenoxy) is 2. The third-order valence-electron chi connectivity index (χ3n) is 4.46. The van der Waals surface area contributed by atoms with Gasteiger partial charge in [-0.15, -0.1) is 0 Å². The summed E-state index contributed by atoms with van der Waals surface area (Å²) in [5, 5.41) is 11.1. The first-order valence-corrected chi connectivity index (χ1v) is 8.45. The Morgan fingerprint density at radius 2 is 2.08 bits per heavy atom. The maximum atomic E-state index is 12.4. The van der Waals surface area contributed by atoms with Gasteiger partial charge in [0.05, 0.1) is 13.7 Å². The zero-order chi connectivity index (χ0) is 18.8. The summed E-state index contributed by atoms with van der Waals surface area (Å²) < 4.78 is 14.4. The summed E-state index contributed by atoms with van der Waals surface area (Å²) >= 11 is 0. The first kappa shape index (κ1) is 18.3. The number of aryl methyl sites for hydroxylation is 2. The molecular formula is C15H21N5O6. The number of aromatic nitrogens is 4. The van der Waals surface area contributed by atoms with Crippen LogP contribution in [0.1, 0.15) is 25.7 Å². The fraction of sp³-hybridized carbons (Fsp3) is 0.667. The van der Waals surface area contributed by atoms with Gasteiger partial charge in [-0.05, 0) is 35.6 Å². The molecule has 11 heteroatoms. The van der Waals surface area contributed by atoms with Crippen molar-refractivity contribution in [1.29, 1.82) is 0 Å². The van der Waals surface area contributed by atoms with Gasteiger partial charge in [0.15, 0.2) is 6.29 Å². The molecule has 1 atom stereocenters. The van der Waals surface area contributed by atoms with Gasteiger partial charge in [0, 0.05) is 20.2 Å². The van der Waals surface area contributed by atoms with Gasteiger partial charge in [-0.2, -0.15) is 0 Å². The third kappa shape index (κ3) is 3.27. The smallest absolute Gasteiger partial charge is 0.390 e. The first-order valence-electron chi connectivity index (χ1n) is 8.45. The first-order chi connectivity index (χ1) is 12.4. The van der Waals surface area contributed by atoms with Crippen LogP contribution in [0.3, 0.4) is 0 Å². The topological polar surface area (TPSA) is 123 Å². The minimum atomic E-state index is -0.683. The van der Waals surface area contributed by atoms with Gasteiger partial charge in [-0.25, -0.2) is 9.36 Å². The molecule has 0 N–H and O–H groups in total. The summed E-state index contributed by atoms with van der Waals surface area (Å²) in [7, 11) is 2.72. The Morgan fingerprint density at radius 1 is 1.31 bits per heavy atom. The molecule has 1 aliphatic rings. The van der Waals surface area contributed by atoms with E-state index >= 15 is 0 Å². The van der Waals surface area contributed by atoms with Gasteiger partial charge in [-0.3, -0.25) is 13.9 Å². The van der Waals surface area contributed by atoms with Crippen molar-refractivity contribution in [2.75, 3.05) is 13.2 Å². The number of rotatable bonds is 6. The van der Waals surface area contributed by atoms with E-state index in [2.05, 4.69) is 4.98 Å². The molecule has 2 aromatic heterocycles.